The van der Waals surface area contributed by atoms with E-state index in [9.17, 15) is 0 Å². The highest BCUT2D eigenvalue weighted by Gasteiger charge is 2.18. The lowest BCUT2D eigenvalue weighted by Gasteiger charge is -2.20. The summed E-state index contributed by atoms with van der Waals surface area (Å²) in [5.41, 5.74) is -0.0269. The van der Waals surface area contributed by atoms with Crippen molar-refractivity contribution in [3.63, 3.8) is 0 Å². The second kappa shape index (κ2) is 10.4. The molecule has 0 radical (unpaired) electrons. The van der Waals surface area contributed by atoms with E-state index in [0.717, 1.165) is 37.8 Å². The molecule has 1 aromatic heterocycles. The van der Waals surface area contributed by atoms with Crippen molar-refractivity contribution < 1.29 is 4.42 Å². The number of nitrogens with zero attached hydrogens (tertiary/aromatic N) is 3. The van der Waals surface area contributed by atoms with E-state index < -0.39 is 0 Å². The first kappa shape index (κ1) is 21.5. The highest BCUT2D eigenvalue weighted by molar-refractivity contribution is 5.79. The Balaban J connectivity index is 2.42. The Kier molecular flexibility index (Phi) is 8.97. The van der Waals surface area contributed by atoms with Crippen molar-refractivity contribution in [2.24, 2.45) is 4.99 Å². The minimum absolute atomic E-state index is 0.0269. The van der Waals surface area contributed by atoms with Gasteiger partial charge in [-0.25, -0.2) is 9.98 Å². The topological polar surface area (TPSA) is 65.7 Å². The summed E-state index contributed by atoms with van der Waals surface area (Å²) >= 11 is 0. The maximum atomic E-state index is 5.79. The van der Waals surface area contributed by atoms with Crippen LogP contribution in [-0.4, -0.2) is 48.6 Å². The fourth-order valence-corrected chi connectivity index (χ4v) is 2.17. The minimum atomic E-state index is -0.0269. The number of hydrogen-bond acceptors (Lipinski definition) is 4. The van der Waals surface area contributed by atoms with Crippen LogP contribution in [0.1, 0.15) is 66.0 Å². The molecule has 6 heteroatoms. The number of aliphatic imine (C=N–C) groups is 1. The lowest BCUT2D eigenvalue weighted by Crippen LogP contribution is -2.38. The monoisotopic (exact) mass is 351 g/mol. The van der Waals surface area contributed by atoms with Crippen molar-refractivity contribution in [3.8, 4) is 0 Å². The van der Waals surface area contributed by atoms with Gasteiger partial charge in [0.15, 0.2) is 5.96 Å². The maximum absolute atomic E-state index is 5.79. The molecule has 0 aliphatic rings. The van der Waals surface area contributed by atoms with Gasteiger partial charge in [0, 0.05) is 24.5 Å². The first-order valence-corrected chi connectivity index (χ1v) is 9.41. The van der Waals surface area contributed by atoms with E-state index in [1.54, 1.807) is 6.20 Å². The zero-order chi connectivity index (χ0) is 18.9. The number of hydrogen-bond donors (Lipinski definition) is 2. The summed E-state index contributed by atoms with van der Waals surface area (Å²) in [6.07, 6.45) is 4.10. The second-order valence-electron chi connectivity index (χ2n) is 7.77. The number of guanidine groups is 1. The van der Waals surface area contributed by atoms with Gasteiger partial charge in [0.25, 0.3) is 0 Å². The summed E-state index contributed by atoms with van der Waals surface area (Å²) in [6.45, 7) is 16.2. The predicted octanol–water partition coefficient (Wildman–Crippen LogP) is 3.15. The van der Waals surface area contributed by atoms with Gasteiger partial charge in [0.2, 0.25) is 5.89 Å². The average molecular weight is 352 g/mol. The van der Waals surface area contributed by atoms with E-state index in [1.807, 2.05) is 0 Å². The van der Waals surface area contributed by atoms with E-state index in [-0.39, 0.29) is 5.41 Å². The molecule has 0 saturated heterocycles. The fraction of sp³-hybridized carbons (Fsp3) is 0.789. The number of nitrogens with one attached hydrogen (secondary N) is 2. The molecule has 0 atom stereocenters. The van der Waals surface area contributed by atoms with E-state index in [1.165, 1.54) is 6.42 Å². The van der Waals surface area contributed by atoms with E-state index in [2.05, 4.69) is 74.1 Å². The molecule has 0 fully saturated rings. The molecule has 0 unspecified atom stereocenters. The molecule has 0 amide bonds. The Morgan fingerprint density at radius 2 is 2.00 bits per heavy atom. The van der Waals surface area contributed by atoms with E-state index >= 15 is 0 Å². The van der Waals surface area contributed by atoms with Crippen molar-refractivity contribution >= 4 is 5.96 Å². The number of rotatable bonds is 9. The molecular weight excluding hydrogens is 314 g/mol. The Hall–Kier alpha value is -1.56. The lowest BCUT2D eigenvalue weighted by atomic mass is 9.94. The van der Waals surface area contributed by atoms with Gasteiger partial charge < -0.3 is 20.0 Å². The average Bonchev–Trinajstić information content (AvgIpc) is 3.01. The highest BCUT2D eigenvalue weighted by atomic mass is 16.4. The molecule has 0 aromatic carbocycles. The molecule has 1 aromatic rings. The number of aromatic nitrogens is 1. The third-order valence-electron chi connectivity index (χ3n) is 4.12. The number of unbranched alkanes of at least 4 members (excludes halogenated alkanes) is 1. The van der Waals surface area contributed by atoms with Crippen molar-refractivity contribution in [1.82, 2.24) is 20.5 Å². The lowest BCUT2D eigenvalue weighted by molar-refractivity contribution is 0.268. The van der Waals surface area contributed by atoms with E-state index in [4.69, 9.17) is 4.42 Å². The minimum Gasteiger partial charge on any atom is -0.443 e. The summed E-state index contributed by atoms with van der Waals surface area (Å²) in [4.78, 5) is 11.3. The molecular formula is C19H37N5O. The highest BCUT2D eigenvalue weighted by Crippen LogP contribution is 2.22. The molecule has 0 spiro atoms. The summed E-state index contributed by atoms with van der Waals surface area (Å²) in [5, 5.41) is 6.65. The van der Waals surface area contributed by atoms with Crippen molar-refractivity contribution in [2.45, 2.75) is 72.4 Å². The molecule has 2 N–H and O–H groups in total. The molecule has 25 heavy (non-hydrogen) atoms. The van der Waals surface area contributed by atoms with Crippen LogP contribution in [0, 0.1) is 0 Å². The van der Waals surface area contributed by atoms with Crippen LogP contribution in [0.5, 0.6) is 0 Å². The van der Waals surface area contributed by atoms with Crippen LogP contribution in [0.4, 0.5) is 0 Å². The van der Waals surface area contributed by atoms with Crippen LogP contribution < -0.4 is 10.6 Å². The molecule has 0 aliphatic carbocycles. The molecule has 0 aliphatic heterocycles. The summed E-state index contributed by atoms with van der Waals surface area (Å²) < 4.78 is 5.79. The van der Waals surface area contributed by atoms with Crippen LogP contribution in [0.25, 0.3) is 0 Å². The first-order chi connectivity index (χ1) is 11.7. The third kappa shape index (κ3) is 8.38. The third-order valence-corrected chi connectivity index (χ3v) is 4.12. The van der Waals surface area contributed by atoms with Gasteiger partial charge in [-0.1, -0.05) is 20.8 Å². The summed E-state index contributed by atoms with van der Waals surface area (Å²) in [7, 11) is 2.17. The number of oxazole rings is 1. The van der Waals surface area contributed by atoms with Gasteiger partial charge in [-0.3, -0.25) is 0 Å². The zero-order valence-electron chi connectivity index (χ0n) is 17.1. The van der Waals surface area contributed by atoms with Crippen molar-refractivity contribution in [3.05, 3.63) is 17.8 Å². The van der Waals surface area contributed by atoms with Gasteiger partial charge in [-0.2, -0.15) is 0 Å². The normalized spacial score (nSPS) is 12.9. The Morgan fingerprint density at radius 3 is 2.56 bits per heavy atom. The molecule has 1 heterocycles. The van der Waals surface area contributed by atoms with Crippen LogP contribution in [0.15, 0.2) is 15.6 Å². The zero-order valence-corrected chi connectivity index (χ0v) is 17.1. The van der Waals surface area contributed by atoms with Crippen molar-refractivity contribution in [2.75, 3.05) is 26.7 Å². The Morgan fingerprint density at radius 1 is 1.28 bits per heavy atom. The summed E-state index contributed by atoms with van der Waals surface area (Å²) in [5.74, 6) is 2.36. The maximum Gasteiger partial charge on any atom is 0.216 e. The molecule has 0 saturated carbocycles. The van der Waals surface area contributed by atoms with Crippen LogP contribution in [-0.2, 0) is 12.0 Å². The van der Waals surface area contributed by atoms with Gasteiger partial charge in [-0.05, 0) is 47.2 Å². The van der Waals surface area contributed by atoms with Gasteiger partial charge in [0.1, 0.15) is 12.3 Å². The van der Waals surface area contributed by atoms with Gasteiger partial charge in [0.05, 0.1) is 6.20 Å². The van der Waals surface area contributed by atoms with Crippen molar-refractivity contribution in [1.29, 1.82) is 0 Å². The Labute approximate surface area is 153 Å². The van der Waals surface area contributed by atoms with Crippen LogP contribution in [0.3, 0.4) is 0 Å². The predicted molar refractivity (Wildman–Crippen MR) is 105 cm³/mol. The largest absolute Gasteiger partial charge is 0.443 e. The van der Waals surface area contributed by atoms with E-state index in [0.29, 0.717) is 18.5 Å². The SMILES string of the molecule is CCNC(=NCc1ncc(C(C)(C)C)o1)NCCCCN(C)C(C)C. The molecule has 1 rings (SSSR count). The smallest absolute Gasteiger partial charge is 0.216 e. The Bertz CT molecular complexity index is 516. The fourth-order valence-electron chi connectivity index (χ4n) is 2.17. The molecule has 0 bridgehead atoms. The molecule has 144 valence electrons. The van der Waals surface area contributed by atoms with Gasteiger partial charge in [-0.15, -0.1) is 0 Å². The second-order valence-corrected chi connectivity index (χ2v) is 7.77. The standard InChI is InChI=1S/C19H37N5O/c1-8-20-18(21-11-9-10-12-24(7)15(2)3)23-14-17-22-13-16(25-17)19(4,5)6/h13,15H,8-12,14H2,1-7H3,(H2,20,21,23). The molecule has 6 nitrogen and oxygen atoms in total. The first-order valence-electron chi connectivity index (χ1n) is 9.41. The van der Waals surface area contributed by atoms with Crippen LogP contribution >= 0.6 is 0 Å². The van der Waals surface area contributed by atoms with Gasteiger partial charge >= 0.3 is 0 Å². The summed E-state index contributed by atoms with van der Waals surface area (Å²) in [6, 6.07) is 0.602. The quantitative estimate of drug-likeness (QED) is 0.406. The van der Waals surface area contributed by atoms with Crippen LogP contribution in [0.2, 0.25) is 0 Å².